The first-order valence-electron chi connectivity index (χ1n) is 6.65. The Morgan fingerprint density at radius 3 is 2.90 bits per heavy atom. The lowest BCUT2D eigenvalue weighted by molar-refractivity contribution is 0.308. The van der Waals surface area contributed by atoms with Crippen LogP contribution in [0.1, 0.15) is 28.7 Å². The van der Waals surface area contributed by atoms with Crippen molar-refractivity contribution in [2.75, 3.05) is 13.6 Å². The summed E-state index contributed by atoms with van der Waals surface area (Å²) in [5, 5.41) is 3.17. The minimum Gasteiger partial charge on any atom is -0.324 e. The van der Waals surface area contributed by atoms with Crippen molar-refractivity contribution in [1.82, 2.24) is 9.88 Å². The normalized spacial score (nSPS) is 12.8. The van der Waals surface area contributed by atoms with E-state index in [0.29, 0.717) is 0 Å². The van der Waals surface area contributed by atoms with Gasteiger partial charge in [-0.15, -0.1) is 11.3 Å². The molecule has 2 rings (SSSR count). The maximum Gasteiger partial charge on any atom is 0.123 e. The third-order valence-corrected chi connectivity index (χ3v) is 4.02. The molecular weight excluding hydrogens is 273 g/mol. The van der Waals surface area contributed by atoms with E-state index in [-0.39, 0.29) is 11.9 Å². The van der Waals surface area contributed by atoms with Crippen LogP contribution in [-0.2, 0) is 6.54 Å². The second-order valence-corrected chi connectivity index (χ2v) is 6.11. The first kappa shape index (κ1) is 15.1. The maximum atomic E-state index is 13.1. The fourth-order valence-corrected chi connectivity index (χ4v) is 2.70. The van der Waals surface area contributed by atoms with Gasteiger partial charge >= 0.3 is 0 Å². The van der Waals surface area contributed by atoms with Crippen LogP contribution in [0.25, 0.3) is 0 Å². The van der Waals surface area contributed by atoms with Crippen molar-refractivity contribution in [3.05, 3.63) is 51.7 Å². The summed E-state index contributed by atoms with van der Waals surface area (Å²) < 4.78 is 13.1. The number of benzene rings is 1. The van der Waals surface area contributed by atoms with Gasteiger partial charge < -0.3 is 10.6 Å². The Labute approximate surface area is 123 Å². The number of thiazole rings is 1. The number of nitrogens with zero attached hydrogens (tertiary/aromatic N) is 2. The first-order chi connectivity index (χ1) is 9.54. The third kappa shape index (κ3) is 4.37. The zero-order valence-corrected chi connectivity index (χ0v) is 12.7. The number of rotatable bonds is 6. The molecule has 0 aliphatic carbocycles. The van der Waals surface area contributed by atoms with Gasteiger partial charge in [-0.1, -0.05) is 12.1 Å². The van der Waals surface area contributed by atoms with E-state index in [0.717, 1.165) is 35.8 Å². The van der Waals surface area contributed by atoms with Crippen LogP contribution in [0.15, 0.2) is 29.6 Å². The SMILES string of the molecule is Cc1nc(CN(C)CCC(N)c2cccc(F)c2)cs1. The van der Waals surface area contributed by atoms with E-state index in [2.05, 4.69) is 15.3 Å². The van der Waals surface area contributed by atoms with Crippen LogP contribution in [-0.4, -0.2) is 23.5 Å². The van der Waals surface area contributed by atoms with Gasteiger partial charge in [-0.05, 0) is 38.1 Å². The quantitative estimate of drug-likeness (QED) is 0.890. The summed E-state index contributed by atoms with van der Waals surface area (Å²) in [5.41, 5.74) is 8.04. The molecule has 1 atom stereocenters. The molecule has 0 fully saturated rings. The largest absolute Gasteiger partial charge is 0.324 e. The lowest BCUT2D eigenvalue weighted by atomic mass is 10.0. The zero-order chi connectivity index (χ0) is 14.5. The minimum atomic E-state index is -0.232. The van der Waals surface area contributed by atoms with Gasteiger partial charge in [0.2, 0.25) is 0 Å². The summed E-state index contributed by atoms with van der Waals surface area (Å²) in [6.07, 6.45) is 0.795. The highest BCUT2D eigenvalue weighted by Gasteiger charge is 2.09. The molecule has 3 nitrogen and oxygen atoms in total. The van der Waals surface area contributed by atoms with Crippen molar-refractivity contribution in [1.29, 1.82) is 0 Å². The molecule has 1 aromatic heterocycles. The summed E-state index contributed by atoms with van der Waals surface area (Å²) in [6, 6.07) is 6.39. The smallest absolute Gasteiger partial charge is 0.123 e. The van der Waals surface area contributed by atoms with Gasteiger partial charge in [-0.2, -0.15) is 0 Å². The lowest BCUT2D eigenvalue weighted by Gasteiger charge is -2.18. The predicted molar refractivity (Wildman–Crippen MR) is 81.1 cm³/mol. The summed E-state index contributed by atoms with van der Waals surface area (Å²) in [4.78, 5) is 6.63. The average molecular weight is 293 g/mol. The first-order valence-corrected chi connectivity index (χ1v) is 7.53. The predicted octanol–water partition coefficient (Wildman–Crippen LogP) is 3.11. The van der Waals surface area contributed by atoms with E-state index in [1.807, 2.05) is 20.0 Å². The molecule has 0 aliphatic rings. The van der Waals surface area contributed by atoms with Crippen molar-refractivity contribution in [3.63, 3.8) is 0 Å². The fourth-order valence-electron chi connectivity index (χ4n) is 2.10. The molecule has 1 heterocycles. The van der Waals surface area contributed by atoms with E-state index in [9.17, 15) is 4.39 Å². The van der Waals surface area contributed by atoms with Crippen molar-refractivity contribution in [2.24, 2.45) is 5.73 Å². The van der Waals surface area contributed by atoms with Crippen molar-refractivity contribution >= 4 is 11.3 Å². The van der Waals surface area contributed by atoms with Crippen molar-refractivity contribution < 1.29 is 4.39 Å². The molecule has 0 radical (unpaired) electrons. The molecule has 1 aromatic carbocycles. The molecule has 0 amide bonds. The Morgan fingerprint density at radius 2 is 2.25 bits per heavy atom. The topological polar surface area (TPSA) is 42.2 Å². The van der Waals surface area contributed by atoms with Gasteiger partial charge in [0.1, 0.15) is 5.82 Å². The number of hydrogen-bond donors (Lipinski definition) is 1. The number of halogens is 1. The fraction of sp³-hybridized carbons (Fsp3) is 0.400. The second-order valence-electron chi connectivity index (χ2n) is 5.05. The highest BCUT2D eigenvalue weighted by atomic mass is 32.1. The van der Waals surface area contributed by atoms with Crippen LogP contribution in [0.5, 0.6) is 0 Å². The Hall–Kier alpha value is -1.30. The zero-order valence-electron chi connectivity index (χ0n) is 11.8. The molecule has 0 saturated heterocycles. The molecule has 2 aromatic rings. The maximum absolute atomic E-state index is 13.1. The molecule has 108 valence electrons. The van der Waals surface area contributed by atoms with Gasteiger partial charge in [0.15, 0.2) is 0 Å². The molecule has 0 aliphatic heterocycles. The molecule has 2 N–H and O–H groups in total. The van der Waals surface area contributed by atoms with Crippen LogP contribution in [0, 0.1) is 12.7 Å². The summed E-state index contributed by atoms with van der Waals surface area (Å²) in [7, 11) is 2.05. The monoisotopic (exact) mass is 293 g/mol. The number of nitrogens with two attached hydrogens (primary N) is 1. The van der Waals surface area contributed by atoms with Crippen molar-refractivity contribution in [3.8, 4) is 0 Å². The van der Waals surface area contributed by atoms with Gasteiger partial charge in [-0.25, -0.2) is 9.37 Å². The summed E-state index contributed by atoms with van der Waals surface area (Å²) >= 11 is 1.67. The summed E-state index contributed by atoms with van der Waals surface area (Å²) in [5.74, 6) is -0.232. The van der Waals surface area contributed by atoms with E-state index in [1.165, 1.54) is 12.1 Å². The van der Waals surface area contributed by atoms with Crippen LogP contribution < -0.4 is 5.73 Å². The van der Waals surface area contributed by atoms with Crippen LogP contribution in [0.2, 0.25) is 0 Å². The molecule has 0 bridgehead atoms. The third-order valence-electron chi connectivity index (χ3n) is 3.20. The van der Waals surface area contributed by atoms with Gasteiger partial charge in [0.25, 0.3) is 0 Å². The van der Waals surface area contributed by atoms with Crippen LogP contribution in [0.3, 0.4) is 0 Å². The van der Waals surface area contributed by atoms with Crippen molar-refractivity contribution in [2.45, 2.75) is 25.9 Å². The van der Waals surface area contributed by atoms with Gasteiger partial charge in [-0.3, -0.25) is 0 Å². The van der Waals surface area contributed by atoms with Gasteiger partial charge in [0, 0.05) is 24.5 Å². The number of aryl methyl sites for hydroxylation is 1. The second kappa shape index (κ2) is 6.92. The molecule has 0 spiro atoms. The summed E-state index contributed by atoms with van der Waals surface area (Å²) in [6.45, 7) is 3.68. The molecule has 1 unspecified atom stereocenters. The van der Waals surface area contributed by atoms with E-state index < -0.39 is 0 Å². The lowest BCUT2D eigenvalue weighted by Crippen LogP contribution is -2.23. The molecule has 0 saturated carbocycles. The molecular formula is C15H20FN3S. The Morgan fingerprint density at radius 1 is 1.45 bits per heavy atom. The Kier molecular flexibility index (Phi) is 5.23. The minimum absolute atomic E-state index is 0.134. The molecule has 5 heteroatoms. The molecule has 20 heavy (non-hydrogen) atoms. The Balaban J connectivity index is 1.82. The van der Waals surface area contributed by atoms with E-state index >= 15 is 0 Å². The number of hydrogen-bond acceptors (Lipinski definition) is 4. The van der Waals surface area contributed by atoms with E-state index in [4.69, 9.17) is 5.73 Å². The number of aromatic nitrogens is 1. The van der Waals surface area contributed by atoms with Crippen LogP contribution in [0.4, 0.5) is 4.39 Å². The Bertz CT molecular complexity index is 556. The standard InChI is InChI=1S/C15H20FN3S/c1-11-18-14(10-20-11)9-19(2)7-6-15(17)12-4-3-5-13(16)8-12/h3-5,8,10,15H,6-7,9,17H2,1-2H3. The average Bonchev–Trinajstić information content (AvgIpc) is 2.81. The van der Waals surface area contributed by atoms with Crippen LogP contribution >= 0.6 is 11.3 Å². The highest BCUT2D eigenvalue weighted by Crippen LogP contribution is 2.16. The highest BCUT2D eigenvalue weighted by molar-refractivity contribution is 7.09. The van der Waals surface area contributed by atoms with Gasteiger partial charge in [0.05, 0.1) is 10.7 Å². The van der Waals surface area contributed by atoms with E-state index in [1.54, 1.807) is 17.4 Å².